The van der Waals surface area contributed by atoms with Gasteiger partial charge in [0.2, 0.25) is 0 Å². The van der Waals surface area contributed by atoms with Gasteiger partial charge in [-0.3, -0.25) is 0 Å². The van der Waals surface area contributed by atoms with Crippen molar-refractivity contribution in [2.75, 3.05) is 7.05 Å². The molecule has 2 aromatic rings. The average molecular weight is 362 g/mol. The Bertz CT molecular complexity index is 744. The summed E-state index contributed by atoms with van der Waals surface area (Å²) in [6.45, 7) is 6.65. The fraction of sp³-hybridized carbons (Fsp3) is 0.316. The van der Waals surface area contributed by atoms with Crippen molar-refractivity contribution in [1.82, 2.24) is 5.32 Å². The van der Waals surface area contributed by atoms with Crippen LogP contribution in [0.25, 0.3) is 0 Å². The minimum Gasteiger partial charge on any atom is -0.488 e. The second-order valence-corrected chi connectivity index (χ2v) is 6.37. The molecule has 2 rings (SSSR count). The minimum atomic E-state index is 0.329. The minimum absolute atomic E-state index is 0.329. The zero-order chi connectivity index (χ0) is 17.7. The van der Waals surface area contributed by atoms with Gasteiger partial charge in [0.1, 0.15) is 18.1 Å². The number of hydrogen-bond acceptors (Lipinski definition) is 4. The monoisotopic (exact) mass is 361 g/mol. The predicted molar refractivity (Wildman–Crippen MR) is 106 cm³/mol. The summed E-state index contributed by atoms with van der Waals surface area (Å²) in [7, 11) is 1.74. The highest BCUT2D eigenvalue weighted by Crippen LogP contribution is 2.28. The molecule has 0 fully saturated rings. The molecule has 0 aliphatic heterocycles. The molecule has 5 heteroatoms. The maximum absolute atomic E-state index is 6.08. The SMILES string of the molecule is CNC(=S)Oc1cccc(CS)c1COc1cc(C)c(C)cc1C. The highest BCUT2D eigenvalue weighted by molar-refractivity contribution is 7.80. The van der Waals surface area contributed by atoms with Crippen molar-refractivity contribution in [3.05, 3.63) is 58.1 Å². The van der Waals surface area contributed by atoms with Crippen LogP contribution >= 0.6 is 24.8 Å². The zero-order valence-electron chi connectivity index (χ0n) is 14.5. The number of hydrogen-bond donors (Lipinski definition) is 2. The standard InChI is InChI=1S/C19H23NO2S2/c1-12-8-14(3)18(9-13(12)2)21-10-16-15(11-23)6-5-7-17(16)22-19(24)20-4/h5-9,23H,10-11H2,1-4H3,(H,20,24). The van der Waals surface area contributed by atoms with Crippen molar-refractivity contribution < 1.29 is 9.47 Å². The van der Waals surface area contributed by atoms with E-state index in [0.717, 1.165) is 22.4 Å². The molecule has 0 bridgehead atoms. The number of benzene rings is 2. The molecule has 0 heterocycles. The zero-order valence-corrected chi connectivity index (χ0v) is 16.2. The van der Waals surface area contributed by atoms with Crippen molar-refractivity contribution in [1.29, 1.82) is 0 Å². The molecule has 0 unspecified atom stereocenters. The third-order valence-electron chi connectivity index (χ3n) is 3.97. The molecular formula is C19H23NO2S2. The van der Waals surface area contributed by atoms with Crippen molar-refractivity contribution in [2.45, 2.75) is 33.1 Å². The van der Waals surface area contributed by atoms with Crippen LogP contribution in [0.4, 0.5) is 0 Å². The van der Waals surface area contributed by atoms with E-state index in [1.165, 1.54) is 11.1 Å². The Kier molecular flexibility index (Phi) is 6.52. The summed E-state index contributed by atoms with van der Waals surface area (Å²) in [5.41, 5.74) is 5.62. The van der Waals surface area contributed by atoms with E-state index in [4.69, 9.17) is 21.7 Å². The predicted octanol–water partition coefficient (Wildman–Crippen LogP) is 4.50. The first-order valence-electron chi connectivity index (χ1n) is 7.78. The van der Waals surface area contributed by atoms with Crippen LogP contribution in [-0.2, 0) is 12.4 Å². The van der Waals surface area contributed by atoms with Crippen LogP contribution in [-0.4, -0.2) is 12.2 Å². The maximum Gasteiger partial charge on any atom is 0.261 e. The van der Waals surface area contributed by atoms with E-state index >= 15 is 0 Å². The van der Waals surface area contributed by atoms with Crippen LogP contribution in [0.15, 0.2) is 30.3 Å². The Hall–Kier alpha value is -1.72. The molecule has 0 aliphatic carbocycles. The Balaban J connectivity index is 2.28. The van der Waals surface area contributed by atoms with E-state index in [9.17, 15) is 0 Å². The fourth-order valence-corrected chi connectivity index (χ4v) is 2.80. The second kappa shape index (κ2) is 8.40. The number of rotatable bonds is 5. The molecule has 0 saturated heterocycles. The summed E-state index contributed by atoms with van der Waals surface area (Å²) in [6, 6.07) is 10.1. The molecule has 3 nitrogen and oxygen atoms in total. The molecule has 0 spiro atoms. The first-order valence-corrected chi connectivity index (χ1v) is 8.82. The summed E-state index contributed by atoms with van der Waals surface area (Å²) >= 11 is 9.52. The van der Waals surface area contributed by atoms with Gasteiger partial charge >= 0.3 is 0 Å². The van der Waals surface area contributed by atoms with Crippen molar-refractivity contribution >= 4 is 30.0 Å². The second-order valence-electron chi connectivity index (χ2n) is 5.68. The van der Waals surface area contributed by atoms with Gasteiger partial charge in [-0.2, -0.15) is 12.6 Å². The van der Waals surface area contributed by atoms with E-state index in [1.807, 2.05) is 18.2 Å². The van der Waals surface area contributed by atoms with E-state index in [-0.39, 0.29) is 0 Å². The Labute approximate surface area is 154 Å². The molecule has 128 valence electrons. The molecule has 0 amide bonds. The van der Waals surface area contributed by atoms with Gasteiger partial charge in [0, 0.05) is 18.4 Å². The summed E-state index contributed by atoms with van der Waals surface area (Å²) in [5, 5.41) is 3.15. The lowest BCUT2D eigenvalue weighted by atomic mass is 10.1. The van der Waals surface area contributed by atoms with E-state index in [0.29, 0.717) is 23.3 Å². The Morgan fingerprint density at radius 1 is 1.08 bits per heavy atom. The first kappa shape index (κ1) is 18.6. The topological polar surface area (TPSA) is 30.5 Å². The molecular weight excluding hydrogens is 338 g/mol. The maximum atomic E-state index is 6.08. The summed E-state index contributed by atoms with van der Waals surface area (Å²) in [4.78, 5) is 0. The summed E-state index contributed by atoms with van der Waals surface area (Å²) in [6.07, 6.45) is 0. The summed E-state index contributed by atoms with van der Waals surface area (Å²) < 4.78 is 11.8. The van der Waals surface area contributed by atoms with Gasteiger partial charge in [-0.05, 0) is 67.4 Å². The van der Waals surface area contributed by atoms with Gasteiger partial charge in [-0.1, -0.05) is 18.2 Å². The lowest BCUT2D eigenvalue weighted by Gasteiger charge is -2.17. The third-order valence-corrected chi connectivity index (χ3v) is 4.60. The van der Waals surface area contributed by atoms with Crippen LogP contribution in [0.2, 0.25) is 0 Å². The molecule has 0 aliphatic rings. The van der Waals surface area contributed by atoms with Crippen molar-refractivity contribution in [3.63, 3.8) is 0 Å². The van der Waals surface area contributed by atoms with Crippen molar-refractivity contribution in [3.8, 4) is 11.5 Å². The van der Waals surface area contributed by atoms with Crippen LogP contribution < -0.4 is 14.8 Å². The van der Waals surface area contributed by atoms with Gasteiger partial charge in [0.15, 0.2) is 0 Å². The molecule has 2 aromatic carbocycles. The molecule has 0 radical (unpaired) electrons. The van der Waals surface area contributed by atoms with Crippen LogP contribution in [0, 0.1) is 20.8 Å². The average Bonchev–Trinajstić information content (AvgIpc) is 2.57. The van der Waals surface area contributed by atoms with Crippen LogP contribution in [0.5, 0.6) is 11.5 Å². The van der Waals surface area contributed by atoms with Gasteiger partial charge in [-0.25, -0.2) is 0 Å². The lowest BCUT2D eigenvalue weighted by Crippen LogP contribution is -2.22. The molecule has 0 aromatic heterocycles. The van der Waals surface area contributed by atoms with Gasteiger partial charge in [-0.15, -0.1) is 0 Å². The van der Waals surface area contributed by atoms with Crippen molar-refractivity contribution in [2.24, 2.45) is 0 Å². The lowest BCUT2D eigenvalue weighted by molar-refractivity contribution is 0.298. The number of nitrogens with one attached hydrogen (secondary N) is 1. The summed E-state index contributed by atoms with van der Waals surface area (Å²) in [5.74, 6) is 2.19. The highest BCUT2D eigenvalue weighted by Gasteiger charge is 2.12. The Morgan fingerprint density at radius 3 is 2.46 bits per heavy atom. The highest BCUT2D eigenvalue weighted by atomic mass is 32.1. The van der Waals surface area contributed by atoms with Crippen LogP contribution in [0.1, 0.15) is 27.8 Å². The molecule has 1 N–H and O–H groups in total. The number of thiol groups is 1. The fourth-order valence-electron chi connectivity index (χ4n) is 2.41. The van der Waals surface area contributed by atoms with E-state index < -0.39 is 0 Å². The van der Waals surface area contributed by atoms with Crippen LogP contribution in [0.3, 0.4) is 0 Å². The number of thiocarbonyl (C=S) groups is 1. The van der Waals surface area contributed by atoms with Gasteiger partial charge in [0.25, 0.3) is 5.17 Å². The van der Waals surface area contributed by atoms with Gasteiger partial charge in [0.05, 0.1) is 0 Å². The normalized spacial score (nSPS) is 10.4. The largest absolute Gasteiger partial charge is 0.488 e. The molecule has 0 atom stereocenters. The smallest absolute Gasteiger partial charge is 0.261 e. The molecule has 0 saturated carbocycles. The van der Waals surface area contributed by atoms with E-state index in [2.05, 4.69) is 50.8 Å². The quantitative estimate of drug-likeness (QED) is 0.606. The van der Waals surface area contributed by atoms with E-state index in [1.54, 1.807) is 7.05 Å². The first-order chi connectivity index (χ1) is 11.5. The Morgan fingerprint density at radius 2 is 1.79 bits per heavy atom. The number of aryl methyl sites for hydroxylation is 3. The third kappa shape index (κ3) is 4.42. The van der Waals surface area contributed by atoms with Gasteiger partial charge < -0.3 is 14.8 Å². The number of ether oxygens (including phenoxy) is 2. The molecule has 24 heavy (non-hydrogen) atoms.